The largest absolute Gasteiger partial charge is 0.463 e. The zero-order chi connectivity index (χ0) is 15.2. The predicted octanol–water partition coefficient (Wildman–Crippen LogP) is 2.07. The van der Waals surface area contributed by atoms with Crippen LogP contribution in [0.25, 0.3) is 11.2 Å². The van der Waals surface area contributed by atoms with E-state index in [4.69, 9.17) is 10.5 Å². The van der Waals surface area contributed by atoms with Gasteiger partial charge < -0.3 is 15.5 Å². The molecule has 7 heteroatoms. The first kappa shape index (κ1) is 15.3. The standard InChI is InChI=1S/C14H23N5O2/c1-3-5-7-8-19-12-10(16-14(19)20)11(15)17-13(18-12)21-9-6-4-2/h3-9H2,1-2H3,(H,16,20)(H2,15,17,18). The Hall–Kier alpha value is -2.05. The van der Waals surface area contributed by atoms with Gasteiger partial charge in [0.25, 0.3) is 0 Å². The summed E-state index contributed by atoms with van der Waals surface area (Å²) in [5.41, 5.74) is 6.69. The van der Waals surface area contributed by atoms with E-state index in [1.807, 2.05) is 0 Å². The van der Waals surface area contributed by atoms with Crippen LogP contribution < -0.4 is 16.2 Å². The minimum atomic E-state index is -0.201. The van der Waals surface area contributed by atoms with Gasteiger partial charge in [-0.15, -0.1) is 0 Å². The molecule has 0 radical (unpaired) electrons. The zero-order valence-corrected chi connectivity index (χ0v) is 12.7. The molecule has 0 unspecified atom stereocenters. The van der Waals surface area contributed by atoms with Crippen LogP contribution in [0.15, 0.2) is 4.79 Å². The van der Waals surface area contributed by atoms with Gasteiger partial charge in [0, 0.05) is 6.54 Å². The molecule has 0 spiro atoms. The van der Waals surface area contributed by atoms with E-state index in [1.54, 1.807) is 4.57 Å². The lowest BCUT2D eigenvalue weighted by Crippen LogP contribution is -2.17. The number of hydrogen-bond donors (Lipinski definition) is 2. The van der Waals surface area contributed by atoms with Crippen LogP contribution in [0.4, 0.5) is 5.82 Å². The number of aromatic amines is 1. The summed E-state index contributed by atoms with van der Waals surface area (Å²) in [7, 11) is 0. The topological polar surface area (TPSA) is 98.8 Å². The Morgan fingerprint density at radius 3 is 2.67 bits per heavy atom. The van der Waals surface area contributed by atoms with Gasteiger partial charge in [0.15, 0.2) is 11.5 Å². The van der Waals surface area contributed by atoms with E-state index in [0.717, 1.165) is 32.1 Å². The molecule has 0 aliphatic rings. The Morgan fingerprint density at radius 1 is 1.19 bits per heavy atom. The van der Waals surface area contributed by atoms with E-state index >= 15 is 0 Å². The molecule has 2 rings (SSSR count). The minimum Gasteiger partial charge on any atom is -0.463 e. The average molecular weight is 293 g/mol. The third kappa shape index (κ3) is 3.53. The van der Waals surface area contributed by atoms with Crippen LogP contribution in [-0.4, -0.2) is 26.1 Å². The van der Waals surface area contributed by atoms with Crippen LogP contribution in [0.1, 0.15) is 46.0 Å². The second kappa shape index (κ2) is 7.10. The second-order valence-corrected chi connectivity index (χ2v) is 5.08. The SMILES string of the molecule is CCCCCn1c(=O)[nH]c2c(N)nc(OCCCC)nc21. The number of anilines is 1. The van der Waals surface area contributed by atoms with E-state index in [9.17, 15) is 4.79 Å². The number of nitrogens with one attached hydrogen (secondary N) is 1. The first-order valence-electron chi connectivity index (χ1n) is 7.56. The Labute approximate surface area is 123 Å². The number of H-pyrrole nitrogens is 1. The molecular weight excluding hydrogens is 270 g/mol. The first-order chi connectivity index (χ1) is 10.2. The molecule has 0 aromatic carbocycles. The predicted molar refractivity (Wildman–Crippen MR) is 82.5 cm³/mol. The number of ether oxygens (including phenoxy) is 1. The smallest absolute Gasteiger partial charge is 0.327 e. The molecule has 2 aromatic rings. The quantitative estimate of drug-likeness (QED) is 0.726. The van der Waals surface area contributed by atoms with Gasteiger partial charge in [-0.3, -0.25) is 4.57 Å². The molecule has 0 fully saturated rings. The summed E-state index contributed by atoms with van der Waals surface area (Å²) < 4.78 is 7.10. The maximum atomic E-state index is 12.0. The number of aromatic nitrogens is 4. The van der Waals surface area contributed by atoms with Crippen molar-refractivity contribution >= 4 is 17.0 Å². The lowest BCUT2D eigenvalue weighted by Gasteiger charge is -2.06. The number of nitrogens with zero attached hydrogens (tertiary/aromatic N) is 3. The highest BCUT2D eigenvalue weighted by molar-refractivity contribution is 5.81. The lowest BCUT2D eigenvalue weighted by molar-refractivity contribution is 0.286. The summed E-state index contributed by atoms with van der Waals surface area (Å²) in [4.78, 5) is 23.1. The maximum absolute atomic E-state index is 12.0. The van der Waals surface area contributed by atoms with Crippen molar-refractivity contribution in [2.24, 2.45) is 0 Å². The summed E-state index contributed by atoms with van der Waals surface area (Å²) in [6.07, 6.45) is 5.06. The van der Waals surface area contributed by atoms with Gasteiger partial charge in [0.2, 0.25) is 0 Å². The highest BCUT2D eigenvalue weighted by atomic mass is 16.5. The molecule has 0 saturated heterocycles. The van der Waals surface area contributed by atoms with Crippen LogP contribution >= 0.6 is 0 Å². The molecule has 0 bridgehead atoms. The van der Waals surface area contributed by atoms with Gasteiger partial charge >= 0.3 is 11.7 Å². The highest BCUT2D eigenvalue weighted by Crippen LogP contribution is 2.18. The number of nitrogen functional groups attached to an aromatic ring is 1. The summed E-state index contributed by atoms with van der Waals surface area (Å²) in [5.74, 6) is 0.248. The van der Waals surface area contributed by atoms with Gasteiger partial charge in [0.05, 0.1) is 6.61 Å². The molecular formula is C14H23N5O2. The van der Waals surface area contributed by atoms with Gasteiger partial charge in [-0.25, -0.2) is 4.79 Å². The molecule has 0 saturated carbocycles. The van der Waals surface area contributed by atoms with Crippen LogP contribution in [0.3, 0.4) is 0 Å². The van der Waals surface area contributed by atoms with E-state index in [0.29, 0.717) is 24.3 Å². The van der Waals surface area contributed by atoms with Crippen molar-refractivity contribution in [2.75, 3.05) is 12.3 Å². The molecule has 116 valence electrons. The summed E-state index contributed by atoms with van der Waals surface area (Å²) in [6.45, 7) is 5.38. The molecule has 2 heterocycles. The zero-order valence-electron chi connectivity index (χ0n) is 12.7. The van der Waals surface area contributed by atoms with Crippen LogP contribution in [0.5, 0.6) is 6.01 Å². The first-order valence-corrected chi connectivity index (χ1v) is 7.56. The number of hydrogen-bond acceptors (Lipinski definition) is 5. The Balaban J connectivity index is 2.30. The van der Waals surface area contributed by atoms with Gasteiger partial charge in [-0.05, 0) is 12.8 Å². The lowest BCUT2D eigenvalue weighted by atomic mass is 10.2. The third-order valence-corrected chi connectivity index (χ3v) is 3.34. The summed E-state index contributed by atoms with van der Waals surface area (Å²) >= 11 is 0. The Kier molecular flexibility index (Phi) is 5.19. The fourth-order valence-corrected chi connectivity index (χ4v) is 2.13. The number of imidazole rings is 1. The summed E-state index contributed by atoms with van der Waals surface area (Å²) in [6, 6.07) is 0.233. The van der Waals surface area contributed by atoms with Crippen molar-refractivity contribution in [1.82, 2.24) is 19.5 Å². The van der Waals surface area contributed by atoms with Crippen molar-refractivity contribution in [1.29, 1.82) is 0 Å². The van der Waals surface area contributed by atoms with Crippen molar-refractivity contribution in [3.05, 3.63) is 10.5 Å². The molecule has 2 aromatic heterocycles. The van der Waals surface area contributed by atoms with E-state index in [1.165, 1.54) is 0 Å². The molecule has 0 aliphatic carbocycles. The molecule has 0 atom stereocenters. The van der Waals surface area contributed by atoms with Crippen molar-refractivity contribution < 1.29 is 4.74 Å². The fourth-order valence-electron chi connectivity index (χ4n) is 2.13. The van der Waals surface area contributed by atoms with Gasteiger partial charge in [-0.1, -0.05) is 33.1 Å². The molecule has 0 aliphatic heterocycles. The average Bonchev–Trinajstić information content (AvgIpc) is 2.77. The third-order valence-electron chi connectivity index (χ3n) is 3.34. The molecule has 0 amide bonds. The Morgan fingerprint density at radius 2 is 1.95 bits per heavy atom. The number of fused-ring (bicyclic) bond motifs is 1. The number of unbranched alkanes of at least 4 members (excludes halogenated alkanes) is 3. The van der Waals surface area contributed by atoms with Gasteiger partial charge in [-0.2, -0.15) is 9.97 Å². The van der Waals surface area contributed by atoms with Crippen molar-refractivity contribution in [2.45, 2.75) is 52.5 Å². The highest BCUT2D eigenvalue weighted by Gasteiger charge is 2.14. The van der Waals surface area contributed by atoms with Crippen LogP contribution in [0.2, 0.25) is 0 Å². The van der Waals surface area contributed by atoms with E-state index < -0.39 is 0 Å². The molecule has 21 heavy (non-hydrogen) atoms. The monoisotopic (exact) mass is 293 g/mol. The normalized spacial score (nSPS) is 11.1. The minimum absolute atomic E-state index is 0.201. The van der Waals surface area contributed by atoms with Crippen molar-refractivity contribution in [3.8, 4) is 6.01 Å². The van der Waals surface area contributed by atoms with Crippen molar-refractivity contribution in [3.63, 3.8) is 0 Å². The number of nitrogens with two attached hydrogens (primary N) is 1. The maximum Gasteiger partial charge on any atom is 0.327 e. The second-order valence-electron chi connectivity index (χ2n) is 5.08. The summed E-state index contributed by atoms with van der Waals surface area (Å²) in [5, 5.41) is 0. The van der Waals surface area contributed by atoms with Crippen LogP contribution in [-0.2, 0) is 6.54 Å². The molecule has 3 N–H and O–H groups in total. The number of rotatable bonds is 8. The number of aryl methyl sites for hydroxylation is 1. The molecule has 7 nitrogen and oxygen atoms in total. The fraction of sp³-hybridized carbons (Fsp3) is 0.643. The Bertz CT molecular complexity index is 647. The van der Waals surface area contributed by atoms with E-state index in [-0.39, 0.29) is 17.5 Å². The van der Waals surface area contributed by atoms with Gasteiger partial charge in [0.1, 0.15) is 5.52 Å². The van der Waals surface area contributed by atoms with E-state index in [2.05, 4.69) is 28.8 Å². The van der Waals surface area contributed by atoms with Crippen LogP contribution in [0, 0.1) is 0 Å².